The molecular formula is C13H17N5. The minimum atomic E-state index is -0.363. The van der Waals surface area contributed by atoms with E-state index in [0.29, 0.717) is 13.1 Å². The maximum absolute atomic E-state index is 9.20. The monoisotopic (exact) mass is 243 g/mol. The fourth-order valence-corrected chi connectivity index (χ4v) is 1.82. The number of hydrogen-bond donors (Lipinski definition) is 1. The molecule has 0 fully saturated rings. The van der Waals surface area contributed by atoms with Gasteiger partial charge in [0.05, 0.1) is 6.07 Å². The molecular weight excluding hydrogens is 226 g/mol. The van der Waals surface area contributed by atoms with Crippen LogP contribution in [0.5, 0.6) is 0 Å². The second-order valence-corrected chi connectivity index (χ2v) is 4.26. The zero-order valence-corrected chi connectivity index (χ0v) is 10.9. The lowest BCUT2D eigenvalue weighted by Gasteiger charge is -2.15. The van der Waals surface area contributed by atoms with Gasteiger partial charge in [-0.2, -0.15) is 5.26 Å². The zero-order valence-electron chi connectivity index (χ0n) is 10.9. The SMILES string of the molecule is Cc1cc(C)c(C(C#N)NCCN=[N+]=[N-])cc1C. The van der Waals surface area contributed by atoms with Crippen LogP contribution in [-0.4, -0.2) is 13.1 Å². The molecule has 0 bridgehead atoms. The van der Waals surface area contributed by atoms with E-state index in [2.05, 4.69) is 34.4 Å². The fraction of sp³-hybridized carbons (Fsp3) is 0.462. The first-order chi connectivity index (χ1) is 8.60. The summed E-state index contributed by atoms with van der Waals surface area (Å²) in [5.41, 5.74) is 12.7. The number of nitrogens with zero attached hydrogens (tertiary/aromatic N) is 4. The molecule has 0 saturated heterocycles. The zero-order chi connectivity index (χ0) is 13.5. The van der Waals surface area contributed by atoms with E-state index in [1.807, 2.05) is 19.9 Å². The predicted molar refractivity (Wildman–Crippen MR) is 71.0 cm³/mol. The Morgan fingerprint density at radius 2 is 2.00 bits per heavy atom. The van der Waals surface area contributed by atoms with Crippen molar-refractivity contribution in [3.8, 4) is 6.07 Å². The first kappa shape index (κ1) is 14.0. The molecule has 1 unspecified atom stereocenters. The van der Waals surface area contributed by atoms with Gasteiger partial charge in [0.15, 0.2) is 0 Å². The Labute approximate surface area is 107 Å². The number of nitriles is 1. The second-order valence-electron chi connectivity index (χ2n) is 4.26. The molecule has 94 valence electrons. The molecule has 1 N–H and O–H groups in total. The third-order valence-corrected chi connectivity index (χ3v) is 2.95. The highest BCUT2D eigenvalue weighted by Gasteiger charge is 2.13. The van der Waals surface area contributed by atoms with Crippen LogP contribution in [0.15, 0.2) is 17.2 Å². The van der Waals surface area contributed by atoms with Crippen LogP contribution in [0.4, 0.5) is 0 Å². The molecule has 0 heterocycles. The maximum atomic E-state index is 9.20. The van der Waals surface area contributed by atoms with Crippen molar-refractivity contribution in [1.29, 1.82) is 5.26 Å². The number of rotatable bonds is 5. The van der Waals surface area contributed by atoms with Gasteiger partial charge in [-0.1, -0.05) is 17.2 Å². The maximum Gasteiger partial charge on any atom is 0.121 e. The highest BCUT2D eigenvalue weighted by molar-refractivity contribution is 5.40. The van der Waals surface area contributed by atoms with Gasteiger partial charge in [-0.3, -0.25) is 5.32 Å². The molecule has 1 atom stereocenters. The van der Waals surface area contributed by atoms with E-state index in [-0.39, 0.29) is 6.04 Å². The second kappa shape index (κ2) is 6.65. The van der Waals surface area contributed by atoms with Crippen LogP contribution in [0.25, 0.3) is 10.4 Å². The van der Waals surface area contributed by atoms with Gasteiger partial charge < -0.3 is 0 Å². The van der Waals surface area contributed by atoms with E-state index in [4.69, 9.17) is 5.53 Å². The summed E-state index contributed by atoms with van der Waals surface area (Å²) in [4.78, 5) is 2.68. The van der Waals surface area contributed by atoms with E-state index < -0.39 is 0 Å². The molecule has 1 aromatic carbocycles. The number of aryl methyl sites for hydroxylation is 3. The van der Waals surface area contributed by atoms with Crippen molar-refractivity contribution in [2.75, 3.05) is 13.1 Å². The van der Waals surface area contributed by atoms with Crippen LogP contribution in [0.1, 0.15) is 28.3 Å². The predicted octanol–water partition coefficient (Wildman–Crippen LogP) is 3.08. The molecule has 0 saturated carbocycles. The van der Waals surface area contributed by atoms with Gasteiger partial charge in [-0.25, -0.2) is 0 Å². The van der Waals surface area contributed by atoms with Gasteiger partial charge in [0.25, 0.3) is 0 Å². The van der Waals surface area contributed by atoms with Crippen molar-refractivity contribution < 1.29 is 0 Å². The van der Waals surface area contributed by atoms with Gasteiger partial charge in [0, 0.05) is 18.0 Å². The summed E-state index contributed by atoms with van der Waals surface area (Å²) >= 11 is 0. The molecule has 5 nitrogen and oxygen atoms in total. The van der Waals surface area contributed by atoms with Crippen LogP contribution >= 0.6 is 0 Å². The topological polar surface area (TPSA) is 84.6 Å². The van der Waals surface area contributed by atoms with Gasteiger partial charge in [0.1, 0.15) is 6.04 Å². The first-order valence-corrected chi connectivity index (χ1v) is 5.81. The molecule has 5 heteroatoms. The van der Waals surface area contributed by atoms with Gasteiger partial charge in [-0.15, -0.1) is 0 Å². The van der Waals surface area contributed by atoms with Crippen LogP contribution in [0.3, 0.4) is 0 Å². The summed E-state index contributed by atoms with van der Waals surface area (Å²) in [7, 11) is 0. The summed E-state index contributed by atoms with van der Waals surface area (Å²) in [6.07, 6.45) is 0. The molecule has 18 heavy (non-hydrogen) atoms. The minimum Gasteiger partial charge on any atom is -0.298 e. The Kier molecular flexibility index (Phi) is 5.19. The molecule has 0 aliphatic heterocycles. The van der Waals surface area contributed by atoms with Crippen molar-refractivity contribution >= 4 is 0 Å². The lowest BCUT2D eigenvalue weighted by molar-refractivity contribution is 0.632. The summed E-state index contributed by atoms with van der Waals surface area (Å²) in [6.45, 7) is 6.93. The van der Waals surface area contributed by atoms with Gasteiger partial charge in [0.2, 0.25) is 0 Å². The summed E-state index contributed by atoms with van der Waals surface area (Å²) in [5, 5.41) is 15.7. The Bertz CT molecular complexity index is 509. The number of benzene rings is 1. The number of nitrogens with one attached hydrogen (secondary N) is 1. The lowest BCUT2D eigenvalue weighted by Crippen LogP contribution is -2.23. The van der Waals surface area contributed by atoms with Crippen molar-refractivity contribution in [2.45, 2.75) is 26.8 Å². The Balaban J connectivity index is 2.85. The standard InChI is InChI=1S/C13H17N5/c1-9-6-11(3)12(7-10(9)2)13(8-14)16-4-5-17-18-15/h6-7,13,16H,4-5H2,1-3H3. The molecule has 0 aliphatic rings. The quantitative estimate of drug-likeness (QED) is 0.373. The Morgan fingerprint density at radius 3 is 2.61 bits per heavy atom. The van der Waals surface area contributed by atoms with Crippen LogP contribution < -0.4 is 5.32 Å². The lowest BCUT2D eigenvalue weighted by atomic mass is 9.96. The highest BCUT2D eigenvalue weighted by Crippen LogP contribution is 2.21. The van der Waals surface area contributed by atoms with Crippen molar-refractivity contribution in [3.05, 3.63) is 44.8 Å². The first-order valence-electron chi connectivity index (χ1n) is 5.81. The average molecular weight is 243 g/mol. The molecule has 1 rings (SSSR count). The van der Waals surface area contributed by atoms with Gasteiger partial charge >= 0.3 is 0 Å². The van der Waals surface area contributed by atoms with E-state index >= 15 is 0 Å². The summed E-state index contributed by atoms with van der Waals surface area (Å²) < 4.78 is 0. The van der Waals surface area contributed by atoms with Crippen molar-refractivity contribution in [2.24, 2.45) is 5.11 Å². The molecule has 0 aromatic heterocycles. The smallest absolute Gasteiger partial charge is 0.121 e. The third-order valence-electron chi connectivity index (χ3n) is 2.95. The van der Waals surface area contributed by atoms with Crippen LogP contribution in [-0.2, 0) is 0 Å². The van der Waals surface area contributed by atoms with Crippen molar-refractivity contribution in [1.82, 2.24) is 5.32 Å². The van der Waals surface area contributed by atoms with E-state index in [1.54, 1.807) is 0 Å². The Hall–Kier alpha value is -2.02. The largest absolute Gasteiger partial charge is 0.298 e. The van der Waals surface area contributed by atoms with E-state index in [1.165, 1.54) is 11.1 Å². The minimum absolute atomic E-state index is 0.346. The van der Waals surface area contributed by atoms with Gasteiger partial charge in [-0.05, 0) is 48.6 Å². The van der Waals surface area contributed by atoms with Crippen LogP contribution in [0.2, 0.25) is 0 Å². The van der Waals surface area contributed by atoms with Crippen molar-refractivity contribution in [3.63, 3.8) is 0 Å². The number of hydrogen-bond acceptors (Lipinski definition) is 3. The summed E-state index contributed by atoms with van der Waals surface area (Å²) in [6, 6.07) is 6.00. The fourth-order valence-electron chi connectivity index (χ4n) is 1.82. The summed E-state index contributed by atoms with van der Waals surface area (Å²) in [5.74, 6) is 0. The highest BCUT2D eigenvalue weighted by atomic mass is 15.1. The van der Waals surface area contributed by atoms with E-state index in [9.17, 15) is 5.26 Å². The average Bonchev–Trinajstić information content (AvgIpc) is 2.35. The molecule has 0 radical (unpaired) electrons. The molecule has 0 spiro atoms. The molecule has 0 amide bonds. The third kappa shape index (κ3) is 3.49. The molecule has 0 aliphatic carbocycles. The van der Waals surface area contributed by atoms with E-state index in [0.717, 1.165) is 11.1 Å². The van der Waals surface area contributed by atoms with Crippen LogP contribution in [0, 0.1) is 32.1 Å². The normalized spacial score (nSPS) is 11.4. The number of azide groups is 1. The molecule has 1 aromatic rings. The Morgan fingerprint density at radius 1 is 1.33 bits per heavy atom.